The third kappa shape index (κ3) is 4.80. The number of thiazole rings is 1. The van der Waals surface area contributed by atoms with Gasteiger partial charge in [-0.2, -0.15) is 4.99 Å². The quantitative estimate of drug-likeness (QED) is 0.715. The van der Waals surface area contributed by atoms with Gasteiger partial charge in [-0.05, 0) is 43.7 Å². The van der Waals surface area contributed by atoms with E-state index >= 15 is 0 Å². The van der Waals surface area contributed by atoms with Crippen molar-refractivity contribution in [2.24, 2.45) is 4.99 Å². The lowest BCUT2D eigenvalue weighted by Crippen LogP contribution is -2.30. The molecule has 0 aliphatic carbocycles. The van der Waals surface area contributed by atoms with Crippen LogP contribution in [0.1, 0.15) is 40.1 Å². The SMILES string of the molecule is CC(C)NC(=O)c1cccc(Cn2ccsc2=NC(=O)c2ccccc2F)c1. The van der Waals surface area contributed by atoms with Crippen molar-refractivity contribution in [2.45, 2.75) is 26.4 Å². The predicted molar refractivity (Wildman–Crippen MR) is 107 cm³/mol. The number of hydrogen-bond acceptors (Lipinski definition) is 3. The van der Waals surface area contributed by atoms with Crippen LogP contribution in [-0.2, 0) is 6.54 Å². The summed E-state index contributed by atoms with van der Waals surface area (Å²) in [5, 5.41) is 4.67. The van der Waals surface area contributed by atoms with E-state index in [4.69, 9.17) is 0 Å². The number of benzene rings is 2. The van der Waals surface area contributed by atoms with Crippen LogP contribution in [0.3, 0.4) is 0 Å². The first kappa shape index (κ1) is 19.7. The van der Waals surface area contributed by atoms with Crippen molar-refractivity contribution in [3.63, 3.8) is 0 Å². The lowest BCUT2D eigenvalue weighted by molar-refractivity contribution is 0.0941. The van der Waals surface area contributed by atoms with Gasteiger partial charge >= 0.3 is 0 Å². The number of amides is 2. The van der Waals surface area contributed by atoms with Gasteiger partial charge in [-0.3, -0.25) is 9.59 Å². The van der Waals surface area contributed by atoms with Crippen LogP contribution in [0.5, 0.6) is 0 Å². The molecule has 7 heteroatoms. The van der Waals surface area contributed by atoms with Crippen molar-refractivity contribution in [3.05, 3.63) is 87.4 Å². The third-order valence-corrected chi connectivity index (χ3v) is 4.72. The summed E-state index contributed by atoms with van der Waals surface area (Å²) < 4.78 is 15.6. The zero-order valence-electron chi connectivity index (χ0n) is 15.6. The van der Waals surface area contributed by atoms with E-state index in [2.05, 4.69) is 10.3 Å². The molecule has 0 aliphatic rings. The zero-order valence-corrected chi connectivity index (χ0v) is 16.4. The first-order chi connectivity index (χ1) is 13.4. The first-order valence-electron chi connectivity index (χ1n) is 8.81. The minimum absolute atomic E-state index is 0.0530. The number of rotatable bonds is 5. The van der Waals surface area contributed by atoms with Crippen LogP contribution in [0.15, 0.2) is 65.1 Å². The van der Waals surface area contributed by atoms with Crippen molar-refractivity contribution in [1.82, 2.24) is 9.88 Å². The molecule has 0 fully saturated rings. The van der Waals surface area contributed by atoms with Gasteiger partial charge in [-0.25, -0.2) is 4.39 Å². The molecular formula is C21H20FN3O2S. The number of halogens is 1. The highest BCUT2D eigenvalue weighted by Gasteiger charge is 2.11. The molecule has 1 N–H and O–H groups in total. The van der Waals surface area contributed by atoms with E-state index < -0.39 is 11.7 Å². The number of nitrogens with one attached hydrogen (secondary N) is 1. The Bertz CT molecular complexity index is 1070. The van der Waals surface area contributed by atoms with E-state index in [0.29, 0.717) is 16.9 Å². The fourth-order valence-electron chi connectivity index (χ4n) is 2.64. The Morgan fingerprint density at radius 2 is 1.96 bits per heavy atom. The van der Waals surface area contributed by atoms with E-state index in [0.717, 1.165) is 5.56 Å². The highest BCUT2D eigenvalue weighted by Crippen LogP contribution is 2.09. The van der Waals surface area contributed by atoms with Crippen LogP contribution in [0.2, 0.25) is 0 Å². The monoisotopic (exact) mass is 397 g/mol. The zero-order chi connectivity index (χ0) is 20.1. The van der Waals surface area contributed by atoms with Gasteiger partial charge in [0.25, 0.3) is 11.8 Å². The van der Waals surface area contributed by atoms with E-state index in [1.165, 1.54) is 29.5 Å². The molecule has 144 valence electrons. The Kier molecular flexibility index (Phi) is 6.16. The van der Waals surface area contributed by atoms with Crippen LogP contribution < -0.4 is 10.1 Å². The van der Waals surface area contributed by atoms with Gasteiger partial charge in [-0.15, -0.1) is 11.3 Å². The maximum atomic E-state index is 13.8. The Balaban J connectivity index is 1.84. The highest BCUT2D eigenvalue weighted by atomic mass is 32.1. The number of nitrogens with zero attached hydrogens (tertiary/aromatic N) is 2. The van der Waals surface area contributed by atoms with Gasteiger partial charge < -0.3 is 9.88 Å². The van der Waals surface area contributed by atoms with E-state index in [9.17, 15) is 14.0 Å². The van der Waals surface area contributed by atoms with E-state index in [1.807, 2.05) is 37.4 Å². The van der Waals surface area contributed by atoms with Crippen molar-refractivity contribution in [3.8, 4) is 0 Å². The number of hydrogen-bond donors (Lipinski definition) is 1. The van der Waals surface area contributed by atoms with Crippen molar-refractivity contribution >= 4 is 23.2 Å². The maximum absolute atomic E-state index is 13.8. The molecule has 0 spiro atoms. The summed E-state index contributed by atoms with van der Waals surface area (Å²) in [5.41, 5.74) is 1.41. The normalized spacial score (nSPS) is 11.6. The first-order valence-corrected chi connectivity index (χ1v) is 9.69. The smallest absolute Gasteiger partial charge is 0.282 e. The van der Waals surface area contributed by atoms with Gasteiger partial charge in [0, 0.05) is 29.7 Å². The van der Waals surface area contributed by atoms with E-state index in [-0.39, 0.29) is 17.5 Å². The lowest BCUT2D eigenvalue weighted by Gasteiger charge is -2.10. The van der Waals surface area contributed by atoms with Gasteiger partial charge in [-0.1, -0.05) is 24.3 Å². The number of carbonyl (C=O) groups is 2. The molecule has 0 saturated carbocycles. The van der Waals surface area contributed by atoms with Crippen molar-refractivity contribution in [2.75, 3.05) is 0 Å². The predicted octanol–water partition coefficient (Wildman–Crippen LogP) is 3.62. The summed E-state index contributed by atoms with van der Waals surface area (Å²) in [5.74, 6) is -1.35. The van der Waals surface area contributed by atoms with Crippen LogP contribution in [0.4, 0.5) is 4.39 Å². The van der Waals surface area contributed by atoms with Crippen molar-refractivity contribution in [1.29, 1.82) is 0 Å². The summed E-state index contributed by atoms with van der Waals surface area (Å²) in [6.45, 7) is 4.25. The van der Waals surface area contributed by atoms with Crippen LogP contribution in [0.25, 0.3) is 0 Å². The molecule has 2 aromatic carbocycles. The molecule has 0 saturated heterocycles. The van der Waals surface area contributed by atoms with Crippen LogP contribution in [0, 0.1) is 5.82 Å². The molecule has 1 heterocycles. The largest absolute Gasteiger partial charge is 0.350 e. The van der Waals surface area contributed by atoms with Gasteiger partial charge in [0.2, 0.25) is 0 Å². The third-order valence-electron chi connectivity index (χ3n) is 3.92. The van der Waals surface area contributed by atoms with Gasteiger partial charge in [0.05, 0.1) is 5.56 Å². The second-order valence-electron chi connectivity index (χ2n) is 6.54. The molecule has 0 aliphatic heterocycles. The molecular weight excluding hydrogens is 377 g/mol. The van der Waals surface area contributed by atoms with E-state index in [1.54, 1.807) is 22.9 Å². The fourth-order valence-corrected chi connectivity index (χ4v) is 3.37. The molecule has 3 rings (SSSR count). The second kappa shape index (κ2) is 8.75. The number of aromatic nitrogens is 1. The summed E-state index contributed by atoms with van der Waals surface area (Å²) in [6.07, 6.45) is 1.80. The summed E-state index contributed by atoms with van der Waals surface area (Å²) in [7, 11) is 0. The highest BCUT2D eigenvalue weighted by molar-refractivity contribution is 7.07. The Hall–Kier alpha value is -3.06. The topological polar surface area (TPSA) is 63.5 Å². The average molecular weight is 397 g/mol. The molecule has 0 atom stereocenters. The maximum Gasteiger partial charge on any atom is 0.282 e. The molecule has 0 unspecified atom stereocenters. The second-order valence-corrected chi connectivity index (χ2v) is 7.41. The Morgan fingerprint density at radius 1 is 1.18 bits per heavy atom. The van der Waals surface area contributed by atoms with Crippen LogP contribution >= 0.6 is 11.3 Å². The van der Waals surface area contributed by atoms with Crippen molar-refractivity contribution < 1.29 is 14.0 Å². The molecule has 0 radical (unpaired) electrons. The summed E-state index contributed by atoms with van der Waals surface area (Å²) >= 11 is 1.29. The minimum Gasteiger partial charge on any atom is -0.350 e. The number of carbonyl (C=O) groups excluding carboxylic acids is 2. The average Bonchev–Trinajstić information content (AvgIpc) is 3.08. The Morgan fingerprint density at radius 3 is 2.71 bits per heavy atom. The van der Waals surface area contributed by atoms with Crippen LogP contribution in [-0.4, -0.2) is 22.4 Å². The molecule has 28 heavy (non-hydrogen) atoms. The molecule has 1 aromatic heterocycles. The lowest BCUT2D eigenvalue weighted by atomic mass is 10.1. The van der Waals surface area contributed by atoms with Gasteiger partial charge in [0.15, 0.2) is 4.80 Å². The Labute approximate surface area is 166 Å². The molecule has 2 amide bonds. The molecule has 5 nitrogen and oxygen atoms in total. The fraction of sp³-hybridized carbons (Fsp3) is 0.190. The molecule has 0 bridgehead atoms. The van der Waals surface area contributed by atoms with Gasteiger partial charge in [0.1, 0.15) is 5.82 Å². The molecule has 3 aromatic rings. The summed E-state index contributed by atoms with van der Waals surface area (Å²) in [6, 6.07) is 13.1. The minimum atomic E-state index is -0.626. The summed E-state index contributed by atoms with van der Waals surface area (Å²) in [4.78, 5) is 29.0. The standard InChI is InChI=1S/C21H20FN3O2S/c1-14(2)23-19(26)16-7-5-6-15(12-16)13-25-10-11-28-21(25)24-20(27)17-8-3-4-9-18(17)22/h3-12,14H,13H2,1-2H3,(H,23,26).